The molecule has 0 radical (unpaired) electrons. The third-order valence-electron chi connectivity index (χ3n) is 9.02. The Morgan fingerprint density at radius 2 is 1.54 bits per heavy atom. The summed E-state index contributed by atoms with van der Waals surface area (Å²) in [6, 6.07) is 25.6. The molecule has 2 heterocycles. The lowest BCUT2D eigenvalue weighted by Crippen LogP contribution is -2.49. The normalized spacial score (nSPS) is 15.1. The highest BCUT2D eigenvalue weighted by Gasteiger charge is 2.31. The Hall–Kier alpha value is -4.12. The van der Waals surface area contributed by atoms with E-state index in [2.05, 4.69) is 28.9 Å². The monoisotopic (exact) mass is 641 g/mol. The SMILES string of the molecule is CCC(N)(CC)c1ccc(CC(NC(=O)CC(NS(=O)(=O)c2ccc3ccccc3n2)c2ccccc2)C(=O)N2CCCC2)cc1. The fraction of sp³-hybridized carbons (Fsp3) is 0.361. The van der Waals surface area contributed by atoms with Gasteiger partial charge in [-0.3, -0.25) is 9.59 Å². The van der Waals surface area contributed by atoms with Gasteiger partial charge in [-0.15, -0.1) is 0 Å². The minimum absolute atomic E-state index is 0.134. The van der Waals surface area contributed by atoms with Crippen molar-refractivity contribution in [1.82, 2.24) is 19.9 Å². The molecule has 1 aliphatic heterocycles. The second-order valence-electron chi connectivity index (χ2n) is 12.0. The maximum Gasteiger partial charge on any atom is 0.258 e. The summed E-state index contributed by atoms with van der Waals surface area (Å²) in [5.41, 5.74) is 9.29. The molecule has 5 rings (SSSR count). The first-order valence-electron chi connectivity index (χ1n) is 16.0. The molecule has 1 aliphatic rings. The number of para-hydroxylation sites is 1. The maximum absolute atomic E-state index is 13.7. The van der Waals surface area contributed by atoms with E-state index < -0.39 is 33.6 Å². The zero-order chi connectivity index (χ0) is 32.7. The smallest absolute Gasteiger partial charge is 0.258 e. The Bertz CT molecular complexity index is 1750. The van der Waals surface area contributed by atoms with Gasteiger partial charge >= 0.3 is 0 Å². The first-order chi connectivity index (χ1) is 22.1. The zero-order valence-corrected chi connectivity index (χ0v) is 27.3. The molecular formula is C36H43N5O4S. The van der Waals surface area contributed by atoms with Crippen molar-refractivity contribution in [3.05, 3.63) is 108 Å². The standard InChI is InChI=1S/C36H43N5O4S/c1-3-36(37,4-2)29-19-16-26(17-20-29)24-32(35(43)41-22-10-11-23-41)38-33(42)25-31(27-12-6-5-7-13-27)40-46(44,45)34-21-18-28-14-8-9-15-30(28)39-34/h5-9,12-21,31-32,40H,3-4,10-11,22-25,37H2,1-2H3,(H,38,42). The number of nitrogens with zero attached hydrogens (tertiary/aromatic N) is 2. The average molecular weight is 642 g/mol. The fourth-order valence-corrected chi connectivity index (χ4v) is 7.20. The number of hydrogen-bond donors (Lipinski definition) is 3. The summed E-state index contributed by atoms with van der Waals surface area (Å²) in [5.74, 6) is -0.572. The molecule has 1 aromatic heterocycles. The molecular weight excluding hydrogens is 598 g/mol. The van der Waals surface area contributed by atoms with Gasteiger partial charge in [-0.2, -0.15) is 0 Å². The number of likely N-dealkylation sites (tertiary alicyclic amines) is 1. The predicted molar refractivity (Wildman–Crippen MR) is 180 cm³/mol. The molecule has 4 aromatic rings. The number of carbonyl (C=O) groups excluding carboxylic acids is 2. The lowest BCUT2D eigenvalue weighted by Gasteiger charge is -2.28. The number of fused-ring (bicyclic) bond motifs is 1. The van der Waals surface area contributed by atoms with Crippen LogP contribution in [0.4, 0.5) is 0 Å². The Morgan fingerprint density at radius 1 is 0.891 bits per heavy atom. The molecule has 1 saturated heterocycles. The summed E-state index contributed by atoms with van der Waals surface area (Å²) in [5, 5.41) is 3.64. The van der Waals surface area contributed by atoms with Gasteiger partial charge in [-0.05, 0) is 60.6 Å². The first-order valence-corrected chi connectivity index (χ1v) is 17.5. The van der Waals surface area contributed by atoms with E-state index in [0.29, 0.717) is 30.6 Å². The zero-order valence-electron chi connectivity index (χ0n) is 26.5. The second-order valence-corrected chi connectivity index (χ2v) is 13.7. The summed E-state index contributed by atoms with van der Waals surface area (Å²) in [7, 11) is -4.10. The predicted octanol–water partition coefficient (Wildman–Crippen LogP) is 4.97. The van der Waals surface area contributed by atoms with E-state index in [1.807, 2.05) is 42.5 Å². The molecule has 3 aromatic carbocycles. The van der Waals surface area contributed by atoms with Crippen LogP contribution in [0.1, 0.15) is 68.7 Å². The van der Waals surface area contributed by atoms with Gasteiger partial charge in [0.25, 0.3) is 10.0 Å². The van der Waals surface area contributed by atoms with E-state index >= 15 is 0 Å². The molecule has 46 heavy (non-hydrogen) atoms. The van der Waals surface area contributed by atoms with E-state index in [1.165, 1.54) is 6.07 Å². The van der Waals surface area contributed by atoms with Gasteiger partial charge < -0.3 is 16.0 Å². The number of pyridine rings is 1. The largest absolute Gasteiger partial charge is 0.344 e. The number of hydrogen-bond acceptors (Lipinski definition) is 6. The van der Waals surface area contributed by atoms with Gasteiger partial charge in [0, 0.05) is 36.9 Å². The summed E-state index contributed by atoms with van der Waals surface area (Å²) >= 11 is 0. The molecule has 0 saturated carbocycles. The topological polar surface area (TPSA) is 134 Å². The maximum atomic E-state index is 13.7. The van der Waals surface area contributed by atoms with Gasteiger partial charge in [0.1, 0.15) is 6.04 Å². The highest BCUT2D eigenvalue weighted by Crippen LogP contribution is 2.27. The van der Waals surface area contributed by atoms with Crippen molar-refractivity contribution in [2.45, 2.75) is 75.0 Å². The van der Waals surface area contributed by atoms with Crippen molar-refractivity contribution >= 4 is 32.7 Å². The quantitative estimate of drug-likeness (QED) is 0.189. The first kappa shape index (κ1) is 33.2. The number of sulfonamides is 1. The fourth-order valence-electron chi connectivity index (χ4n) is 6.02. The molecule has 0 bridgehead atoms. The molecule has 9 nitrogen and oxygen atoms in total. The highest BCUT2D eigenvalue weighted by molar-refractivity contribution is 7.89. The number of carbonyl (C=O) groups is 2. The third kappa shape index (κ3) is 7.81. The van der Waals surface area contributed by atoms with Crippen LogP contribution in [0.3, 0.4) is 0 Å². The van der Waals surface area contributed by atoms with Crippen LogP contribution in [0.2, 0.25) is 0 Å². The second kappa shape index (κ2) is 14.5. The van der Waals surface area contributed by atoms with E-state index in [9.17, 15) is 18.0 Å². The number of benzene rings is 3. The molecule has 1 fully saturated rings. The van der Waals surface area contributed by atoms with Crippen LogP contribution >= 0.6 is 0 Å². The van der Waals surface area contributed by atoms with Crippen molar-refractivity contribution in [2.24, 2.45) is 5.73 Å². The van der Waals surface area contributed by atoms with E-state index in [0.717, 1.165) is 42.2 Å². The van der Waals surface area contributed by atoms with Crippen LogP contribution in [-0.2, 0) is 31.6 Å². The van der Waals surface area contributed by atoms with Crippen molar-refractivity contribution in [1.29, 1.82) is 0 Å². The number of nitrogens with two attached hydrogens (primary N) is 1. The Balaban J connectivity index is 1.36. The van der Waals surface area contributed by atoms with Gasteiger partial charge in [-0.25, -0.2) is 18.1 Å². The molecule has 4 N–H and O–H groups in total. The lowest BCUT2D eigenvalue weighted by molar-refractivity contribution is -0.135. The molecule has 0 spiro atoms. The van der Waals surface area contributed by atoms with Crippen LogP contribution in [0, 0.1) is 0 Å². The number of rotatable bonds is 13. The lowest BCUT2D eigenvalue weighted by atomic mass is 9.85. The van der Waals surface area contributed by atoms with Crippen LogP contribution in [0.25, 0.3) is 10.9 Å². The number of nitrogens with one attached hydrogen (secondary N) is 2. The number of amides is 2. The Morgan fingerprint density at radius 3 is 2.22 bits per heavy atom. The summed E-state index contributed by atoms with van der Waals surface area (Å²) in [4.78, 5) is 33.5. The molecule has 2 unspecified atom stereocenters. The van der Waals surface area contributed by atoms with E-state index in [1.54, 1.807) is 47.4 Å². The van der Waals surface area contributed by atoms with Gasteiger partial charge in [-0.1, -0.05) is 86.6 Å². The summed E-state index contributed by atoms with van der Waals surface area (Å²) in [6.07, 6.45) is 3.56. The van der Waals surface area contributed by atoms with Crippen LogP contribution in [-0.4, -0.2) is 49.2 Å². The molecule has 242 valence electrons. The average Bonchev–Trinajstić information content (AvgIpc) is 3.63. The Kier molecular flexibility index (Phi) is 10.5. The highest BCUT2D eigenvalue weighted by atomic mass is 32.2. The summed E-state index contributed by atoms with van der Waals surface area (Å²) < 4.78 is 29.8. The minimum Gasteiger partial charge on any atom is -0.344 e. The molecule has 2 atom stereocenters. The van der Waals surface area contributed by atoms with Crippen molar-refractivity contribution in [3.63, 3.8) is 0 Å². The van der Waals surface area contributed by atoms with Crippen molar-refractivity contribution < 1.29 is 18.0 Å². The van der Waals surface area contributed by atoms with Crippen LogP contribution in [0.5, 0.6) is 0 Å². The van der Waals surface area contributed by atoms with Crippen LogP contribution in [0.15, 0.2) is 96.0 Å². The molecule has 0 aliphatic carbocycles. The van der Waals surface area contributed by atoms with Crippen molar-refractivity contribution in [2.75, 3.05) is 13.1 Å². The minimum atomic E-state index is -4.10. The van der Waals surface area contributed by atoms with E-state index in [-0.39, 0.29) is 17.4 Å². The van der Waals surface area contributed by atoms with E-state index in [4.69, 9.17) is 5.73 Å². The molecule has 10 heteroatoms. The van der Waals surface area contributed by atoms with Crippen molar-refractivity contribution in [3.8, 4) is 0 Å². The van der Waals surface area contributed by atoms with Gasteiger partial charge in [0.2, 0.25) is 11.8 Å². The van der Waals surface area contributed by atoms with Gasteiger partial charge in [0.05, 0.1) is 11.6 Å². The van der Waals surface area contributed by atoms with Crippen LogP contribution < -0.4 is 15.8 Å². The summed E-state index contributed by atoms with van der Waals surface area (Å²) in [6.45, 7) is 5.44. The number of aromatic nitrogens is 1. The third-order valence-corrected chi connectivity index (χ3v) is 10.4. The van der Waals surface area contributed by atoms with Gasteiger partial charge in [0.15, 0.2) is 5.03 Å². The molecule has 2 amide bonds. The Labute approximate surface area is 271 Å².